The van der Waals surface area contributed by atoms with Crippen LogP contribution < -0.4 is 10.1 Å². The number of ether oxygens (including phenoxy) is 1. The molecule has 0 radical (unpaired) electrons. The Morgan fingerprint density at radius 1 is 1.23 bits per heavy atom. The predicted molar refractivity (Wildman–Crippen MR) is 101 cm³/mol. The van der Waals surface area contributed by atoms with Crippen molar-refractivity contribution in [1.29, 1.82) is 0 Å². The molecule has 0 spiro atoms. The molecule has 2 aromatic carbocycles. The van der Waals surface area contributed by atoms with Gasteiger partial charge in [-0.25, -0.2) is 0 Å². The molecule has 0 aliphatic heterocycles. The minimum absolute atomic E-state index is 0.108. The van der Waals surface area contributed by atoms with Gasteiger partial charge in [0, 0.05) is 11.8 Å². The summed E-state index contributed by atoms with van der Waals surface area (Å²) in [4.78, 5) is 12.3. The first kappa shape index (κ1) is 17.9. The second-order valence-electron chi connectivity index (χ2n) is 5.73. The average Bonchev–Trinajstić information content (AvgIpc) is 3.12. The van der Waals surface area contributed by atoms with E-state index in [0.717, 1.165) is 22.5 Å². The van der Waals surface area contributed by atoms with Crippen LogP contribution in [0.5, 0.6) is 5.75 Å². The Kier molecular flexibility index (Phi) is 5.52. The van der Waals surface area contributed by atoms with Crippen LogP contribution in [0.3, 0.4) is 0 Å². The topological polar surface area (TPSA) is 81.9 Å². The van der Waals surface area contributed by atoms with Crippen LogP contribution in [0, 0.1) is 13.8 Å². The van der Waals surface area contributed by atoms with Crippen LogP contribution in [0.25, 0.3) is 5.69 Å². The highest BCUT2D eigenvalue weighted by atomic mass is 32.2. The minimum Gasteiger partial charge on any atom is -0.497 e. The van der Waals surface area contributed by atoms with Crippen molar-refractivity contribution in [2.75, 3.05) is 18.2 Å². The summed E-state index contributed by atoms with van der Waals surface area (Å²) in [7, 11) is 1.60. The van der Waals surface area contributed by atoms with E-state index in [9.17, 15) is 4.79 Å². The third-order valence-corrected chi connectivity index (χ3v) is 4.66. The van der Waals surface area contributed by atoms with E-state index in [1.54, 1.807) is 11.8 Å². The number of tetrazole rings is 1. The number of amides is 1. The normalized spacial score (nSPS) is 10.6. The summed E-state index contributed by atoms with van der Waals surface area (Å²) in [5.74, 6) is 0.808. The third kappa shape index (κ3) is 4.20. The maximum atomic E-state index is 12.3. The quantitative estimate of drug-likeness (QED) is 0.673. The fourth-order valence-electron chi connectivity index (χ4n) is 2.36. The van der Waals surface area contributed by atoms with Gasteiger partial charge < -0.3 is 10.1 Å². The molecule has 8 heteroatoms. The maximum Gasteiger partial charge on any atom is 0.234 e. The lowest BCUT2D eigenvalue weighted by atomic mass is 10.1. The van der Waals surface area contributed by atoms with E-state index in [-0.39, 0.29) is 11.7 Å². The van der Waals surface area contributed by atoms with Crippen molar-refractivity contribution in [2.24, 2.45) is 0 Å². The Balaban J connectivity index is 1.68. The smallest absolute Gasteiger partial charge is 0.234 e. The van der Waals surface area contributed by atoms with Gasteiger partial charge in [-0.1, -0.05) is 30.0 Å². The number of hydrogen-bond acceptors (Lipinski definition) is 6. The number of anilines is 1. The SMILES string of the molecule is COc1cccc(-n2nnnc2SCC(=O)Nc2cc(C)ccc2C)c1. The summed E-state index contributed by atoms with van der Waals surface area (Å²) < 4.78 is 6.81. The Bertz CT molecular complexity index is 925. The minimum atomic E-state index is -0.108. The maximum absolute atomic E-state index is 12.3. The van der Waals surface area contributed by atoms with Crippen molar-refractivity contribution in [3.63, 3.8) is 0 Å². The molecule has 0 saturated carbocycles. The second-order valence-corrected chi connectivity index (χ2v) is 6.67. The van der Waals surface area contributed by atoms with Crippen molar-refractivity contribution in [3.8, 4) is 11.4 Å². The molecule has 3 rings (SSSR count). The zero-order chi connectivity index (χ0) is 18.5. The van der Waals surface area contributed by atoms with E-state index in [2.05, 4.69) is 20.8 Å². The lowest BCUT2D eigenvalue weighted by molar-refractivity contribution is -0.113. The number of aryl methyl sites for hydroxylation is 2. The molecule has 26 heavy (non-hydrogen) atoms. The molecule has 0 bridgehead atoms. The van der Waals surface area contributed by atoms with Gasteiger partial charge in [-0.3, -0.25) is 4.79 Å². The van der Waals surface area contributed by atoms with Crippen molar-refractivity contribution < 1.29 is 9.53 Å². The van der Waals surface area contributed by atoms with Crippen molar-refractivity contribution in [1.82, 2.24) is 20.2 Å². The zero-order valence-corrected chi connectivity index (χ0v) is 15.6. The Hall–Kier alpha value is -2.87. The standard InChI is InChI=1S/C18H19N5O2S/c1-12-7-8-13(2)16(9-12)19-17(24)11-26-18-20-21-22-23(18)14-5-4-6-15(10-14)25-3/h4-10H,11H2,1-3H3,(H,19,24). The number of carbonyl (C=O) groups is 1. The molecule has 7 nitrogen and oxygen atoms in total. The van der Waals surface area contributed by atoms with E-state index < -0.39 is 0 Å². The Labute approximate surface area is 155 Å². The molecule has 1 aromatic heterocycles. The second kappa shape index (κ2) is 8.01. The van der Waals surface area contributed by atoms with Gasteiger partial charge in [0.15, 0.2) is 0 Å². The van der Waals surface area contributed by atoms with E-state index >= 15 is 0 Å². The van der Waals surface area contributed by atoms with Crippen LogP contribution in [0.2, 0.25) is 0 Å². The van der Waals surface area contributed by atoms with Crippen LogP contribution in [-0.4, -0.2) is 39.0 Å². The highest BCUT2D eigenvalue weighted by Crippen LogP contribution is 2.22. The Morgan fingerprint density at radius 2 is 2.08 bits per heavy atom. The molecule has 1 amide bonds. The highest BCUT2D eigenvalue weighted by Gasteiger charge is 2.13. The van der Waals surface area contributed by atoms with Gasteiger partial charge in [0.05, 0.1) is 18.6 Å². The number of thioether (sulfide) groups is 1. The number of rotatable bonds is 6. The molecular weight excluding hydrogens is 350 g/mol. The predicted octanol–water partition coefficient (Wildman–Crippen LogP) is 3.02. The molecular formula is C18H19N5O2S. The number of hydrogen-bond donors (Lipinski definition) is 1. The molecule has 0 atom stereocenters. The van der Waals surface area contributed by atoms with Crippen molar-refractivity contribution >= 4 is 23.4 Å². The lowest BCUT2D eigenvalue weighted by Crippen LogP contribution is -2.15. The van der Waals surface area contributed by atoms with E-state index in [0.29, 0.717) is 10.9 Å². The molecule has 0 unspecified atom stereocenters. The lowest BCUT2D eigenvalue weighted by Gasteiger charge is -2.09. The first-order chi connectivity index (χ1) is 12.6. The summed E-state index contributed by atoms with van der Waals surface area (Å²) in [6.45, 7) is 3.96. The average molecular weight is 369 g/mol. The fraction of sp³-hybridized carbons (Fsp3) is 0.222. The van der Waals surface area contributed by atoms with Gasteiger partial charge in [-0.2, -0.15) is 4.68 Å². The zero-order valence-electron chi connectivity index (χ0n) is 14.8. The molecule has 134 valence electrons. The van der Waals surface area contributed by atoms with E-state index in [4.69, 9.17) is 4.74 Å². The molecule has 1 N–H and O–H groups in total. The van der Waals surface area contributed by atoms with E-state index in [1.807, 2.05) is 56.3 Å². The monoisotopic (exact) mass is 369 g/mol. The first-order valence-corrected chi connectivity index (χ1v) is 8.98. The summed E-state index contributed by atoms with van der Waals surface area (Å²) in [5, 5.41) is 15.2. The third-order valence-electron chi connectivity index (χ3n) is 3.74. The number of nitrogens with one attached hydrogen (secondary N) is 1. The molecule has 0 fully saturated rings. The first-order valence-electron chi connectivity index (χ1n) is 7.99. The number of benzene rings is 2. The van der Waals surface area contributed by atoms with Crippen LogP contribution >= 0.6 is 11.8 Å². The Morgan fingerprint density at radius 3 is 2.88 bits per heavy atom. The summed E-state index contributed by atoms with van der Waals surface area (Å²) >= 11 is 1.27. The molecule has 0 aliphatic rings. The van der Waals surface area contributed by atoms with Crippen LogP contribution in [0.15, 0.2) is 47.6 Å². The number of nitrogens with zero attached hydrogens (tertiary/aromatic N) is 4. The molecule has 1 heterocycles. The summed E-state index contributed by atoms with van der Waals surface area (Å²) in [5.41, 5.74) is 3.71. The van der Waals surface area contributed by atoms with Gasteiger partial charge in [-0.15, -0.1) is 5.10 Å². The van der Waals surface area contributed by atoms with E-state index in [1.165, 1.54) is 11.8 Å². The fourth-order valence-corrected chi connectivity index (χ4v) is 3.05. The number of methoxy groups -OCH3 is 1. The van der Waals surface area contributed by atoms with Gasteiger partial charge in [0.2, 0.25) is 11.1 Å². The van der Waals surface area contributed by atoms with Gasteiger partial charge >= 0.3 is 0 Å². The number of carbonyl (C=O) groups excluding carboxylic acids is 1. The van der Waals surface area contributed by atoms with Crippen LogP contribution in [0.1, 0.15) is 11.1 Å². The van der Waals surface area contributed by atoms with Crippen molar-refractivity contribution in [2.45, 2.75) is 19.0 Å². The number of aromatic nitrogens is 4. The van der Waals surface area contributed by atoms with Gasteiger partial charge in [0.1, 0.15) is 5.75 Å². The van der Waals surface area contributed by atoms with Crippen molar-refractivity contribution in [3.05, 3.63) is 53.6 Å². The largest absolute Gasteiger partial charge is 0.497 e. The van der Waals surface area contributed by atoms with Gasteiger partial charge in [-0.05, 0) is 53.6 Å². The van der Waals surface area contributed by atoms with Gasteiger partial charge in [0.25, 0.3) is 0 Å². The highest BCUT2D eigenvalue weighted by molar-refractivity contribution is 7.99. The van der Waals surface area contributed by atoms with Crippen LogP contribution in [-0.2, 0) is 4.79 Å². The summed E-state index contributed by atoms with van der Waals surface area (Å²) in [6, 6.07) is 13.4. The molecule has 0 aliphatic carbocycles. The van der Waals surface area contributed by atoms with Crippen LogP contribution in [0.4, 0.5) is 5.69 Å². The molecule has 3 aromatic rings. The molecule has 0 saturated heterocycles. The summed E-state index contributed by atoms with van der Waals surface area (Å²) in [6.07, 6.45) is 0.